The van der Waals surface area contributed by atoms with Crippen molar-refractivity contribution in [1.29, 1.82) is 0 Å². The molecule has 1 saturated carbocycles. The van der Waals surface area contributed by atoms with E-state index in [0.717, 1.165) is 28.8 Å². The van der Waals surface area contributed by atoms with E-state index in [1.54, 1.807) is 18.2 Å². The molecule has 2 aromatic carbocycles. The predicted molar refractivity (Wildman–Crippen MR) is 102 cm³/mol. The Morgan fingerprint density at radius 1 is 1.07 bits per heavy atom. The molecule has 0 radical (unpaired) electrons. The van der Waals surface area contributed by atoms with Crippen molar-refractivity contribution in [3.63, 3.8) is 0 Å². The topological polar surface area (TPSA) is 54.9 Å². The summed E-state index contributed by atoms with van der Waals surface area (Å²) in [6, 6.07) is 14.0. The van der Waals surface area contributed by atoms with E-state index in [2.05, 4.69) is 19.2 Å². The highest BCUT2D eigenvalue weighted by Gasteiger charge is 2.67. The number of halogens is 1. The number of hydrogen-bond acceptors (Lipinski definition) is 3. The molecule has 1 N–H and O–H groups in total. The van der Waals surface area contributed by atoms with Gasteiger partial charge in [-0.1, -0.05) is 38.1 Å². The summed E-state index contributed by atoms with van der Waals surface area (Å²) < 4.78 is 14.1. The first-order valence-electron chi connectivity index (χ1n) is 9.28. The molecular formula is C22H20FN3O. The van der Waals surface area contributed by atoms with E-state index in [9.17, 15) is 9.18 Å². The van der Waals surface area contributed by atoms with E-state index in [4.69, 9.17) is 9.97 Å². The van der Waals surface area contributed by atoms with Gasteiger partial charge in [-0.05, 0) is 42.5 Å². The molecule has 2 aliphatic rings. The van der Waals surface area contributed by atoms with Gasteiger partial charge in [0.1, 0.15) is 5.82 Å². The molecule has 27 heavy (non-hydrogen) atoms. The zero-order chi connectivity index (χ0) is 18.8. The molecule has 1 heterocycles. The van der Waals surface area contributed by atoms with Crippen LogP contribution in [0.3, 0.4) is 0 Å². The second-order valence-corrected chi connectivity index (χ2v) is 8.10. The Balaban J connectivity index is 1.68. The quantitative estimate of drug-likeness (QED) is 0.728. The van der Waals surface area contributed by atoms with Crippen LogP contribution >= 0.6 is 0 Å². The number of hydrogen-bond donors (Lipinski definition) is 1. The first-order chi connectivity index (χ1) is 12.9. The van der Waals surface area contributed by atoms with Gasteiger partial charge in [-0.15, -0.1) is 0 Å². The number of carbonyl (C=O) groups is 1. The number of aromatic nitrogens is 2. The van der Waals surface area contributed by atoms with Gasteiger partial charge in [0.15, 0.2) is 0 Å². The fraction of sp³-hybridized carbons (Fsp3) is 0.318. The number of benzene rings is 2. The molecule has 5 heteroatoms. The summed E-state index contributed by atoms with van der Waals surface area (Å²) in [5.74, 6) is -0.447. The molecule has 2 bridgehead atoms. The van der Waals surface area contributed by atoms with Crippen LogP contribution in [0, 0.1) is 11.2 Å². The molecule has 1 fully saturated rings. The molecule has 0 spiro atoms. The Kier molecular flexibility index (Phi) is 3.24. The van der Waals surface area contributed by atoms with Crippen LogP contribution in [0.25, 0.3) is 11.0 Å². The minimum Gasteiger partial charge on any atom is -0.323 e. The molecular weight excluding hydrogens is 341 g/mol. The van der Waals surface area contributed by atoms with Crippen LogP contribution in [0.5, 0.6) is 0 Å². The van der Waals surface area contributed by atoms with Crippen LogP contribution in [0.1, 0.15) is 44.0 Å². The van der Waals surface area contributed by atoms with Gasteiger partial charge in [-0.25, -0.2) is 14.4 Å². The zero-order valence-corrected chi connectivity index (χ0v) is 15.3. The second kappa shape index (κ2) is 5.35. The normalized spacial score (nSPS) is 24.8. The van der Waals surface area contributed by atoms with Crippen LogP contribution in [0.2, 0.25) is 0 Å². The first-order valence-corrected chi connectivity index (χ1v) is 9.28. The number of anilines is 1. The highest BCUT2D eigenvalue weighted by atomic mass is 19.1. The Bertz CT molecular complexity index is 1090. The number of carbonyl (C=O) groups excluding carboxylic acids is 1. The molecule has 3 aromatic rings. The second-order valence-electron chi connectivity index (χ2n) is 8.10. The van der Waals surface area contributed by atoms with Gasteiger partial charge >= 0.3 is 0 Å². The van der Waals surface area contributed by atoms with Crippen LogP contribution in [-0.4, -0.2) is 15.9 Å². The summed E-state index contributed by atoms with van der Waals surface area (Å²) in [6.45, 7) is 4.22. The monoisotopic (exact) mass is 361 g/mol. The Labute approximate surface area is 156 Å². The molecule has 2 atom stereocenters. The van der Waals surface area contributed by atoms with Gasteiger partial charge in [-0.2, -0.15) is 0 Å². The third-order valence-electron chi connectivity index (χ3n) is 6.62. The number of rotatable bonds is 2. The molecule has 1 amide bonds. The van der Waals surface area contributed by atoms with E-state index < -0.39 is 11.2 Å². The molecule has 0 aliphatic heterocycles. The molecule has 136 valence electrons. The van der Waals surface area contributed by atoms with E-state index in [0.29, 0.717) is 6.42 Å². The van der Waals surface area contributed by atoms with Crippen molar-refractivity contribution in [2.45, 2.75) is 38.0 Å². The molecule has 1 aromatic heterocycles. The van der Waals surface area contributed by atoms with Gasteiger partial charge in [0.05, 0.1) is 33.5 Å². The maximum absolute atomic E-state index is 14.1. The lowest BCUT2D eigenvalue weighted by Gasteiger charge is -2.36. The lowest BCUT2D eigenvalue weighted by Crippen LogP contribution is -2.46. The number of amides is 1. The van der Waals surface area contributed by atoms with Crippen molar-refractivity contribution in [3.8, 4) is 0 Å². The summed E-state index contributed by atoms with van der Waals surface area (Å²) in [7, 11) is 0. The maximum Gasteiger partial charge on any atom is 0.237 e. The molecule has 2 unspecified atom stereocenters. The SMILES string of the molecule is CC1(C)C2CCC1(C(=O)Nc1ccccc1F)c1nc3ccccc3nc12. The smallest absolute Gasteiger partial charge is 0.237 e. The van der Waals surface area contributed by atoms with Crippen LogP contribution < -0.4 is 5.32 Å². The van der Waals surface area contributed by atoms with Crippen molar-refractivity contribution < 1.29 is 9.18 Å². The van der Waals surface area contributed by atoms with E-state index >= 15 is 0 Å². The predicted octanol–water partition coefficient (Wildman–Crippen LogP) is 4.56. The fourth-order valence-electron chi connectivity index (χ4n) is 5.12. The lowest BCUT2D eigenvalue weighted by molar-refractivity contribution is -0.124. The van der Waals surface area contributed by atoms with Crippen LogP contribution in [-0.2, 0) is 10.2 Å². The van der Waals surface area contributed by atoms with Crippen molar-refractivity contribution in [2.75, 3.05) is 5.32 Å². The summed E-state index contributed by atoms with van der Waals surface area (Å²) in [5, 5.41) is 2.83. The Morgan fingerprint density at radius 2 is 1.74 bits per heavy atom. The molecule has 4 nitrogen and oxygen atoms in total. The highest BCUT2D eigenvalue weighted by molar-refractivity contribution is 6.01. The fourth-order valence-corrected chi connectivity index (χ4v) is 5.12. The van der Waals surface area contributed by atoms with Crippen molar-refractivity contribution in [2.24, 2.45) is 5.41 Å². The van der Waals surface area contributed by atoms with Crippen molar-refractivity contribution in [1.82, 2.24) is 9.97 Å². The summed E-state index contributed by atoms with van der Waals surface area (Å²) in [4.78, 5) is 23.3. The van der Waals surface area contributed by atoms with E-state index in [1.807, 2.05) is 24.3 Å². The summed E-state index contributed by atoms with van der Waals surface area (Å²) >= 11 is 0. The molecule has 5 rings (SSSR count). The number of para-hydroxylation sites is 3. The Hall–Kier alpha value is -2.82. The van der Waals surface area contributed by atoms with Crippen LogP contribution in [0.4, 0.5) is 10.1 Å². The van der Waals surface area contributed by atoms with Gasteiger partial charge in [0.25, 0.3) is 0 Å². The lowest BCUT2D eigenvalue weighted by atomic mass is 9.67. The number of fused-ring (bicyclic) bond motifs is 6. The van der Waals surface area contributed by atoms with E-state index in [1.165, 1.54) is 6.07 Å². The highest BCUT2D eigenvalue weighted by Crippen LogP contribution is 2.67. The van der Waals surface area contributed by atoms with Crippen molar-refractivity contribution >= 4 is 22.6 Å². The number of nitrogens with zero attached hydrogens (tertiary/aromatic N) is 2. The minimum atomic E-state index is -0.799. The van der Waals surface area contributed by atoms with Gasteiger partial charge in [0, 0.05) is 5.92 Å². The van der Waals surface area contributed by atoms with Gasteiger partial charge in [-0.3, -0.25) is 4.79 Å². The molecule has 0 saturated heterocycles. The first kappa shape index (κ1) is 16.4. The van der Waals surface area contributed by atoms with Gasteiger partial charge in [0.2, 0.25) is 5.91 Å². The third kappa shape index (κ3) is 2.00. The average molecular weight is 361 g/mol. The van der Waals surface area contributed by atoms with E-state index in [-0.39, 0.29) is 22.9 Å². The third-order valence-corrected chi connectivity index (χ3v) is 6.62. The summed E-state index contributed by atoms with van der Waals surface area (Å²) in [5.41, 5.74) is 2.40. The van der Waals surface area contributed by atoms with Crippen LogP contribution in [0.15, 0.2) is 48.5 Å². The Morgan fingerprint density at radius 3 is 2.48 bits per heavy atom. The van der Waals surface area contributed by atoms with Gasteiger partial charge < -0.3 is 5.32 Å². The van der Waals surface area contributed by atoms with Crippen molar-refractivity contribution in [3.05, 3.63) is 65.7 Å². The zero-order valence-electron chi connectivity index (χ0n) is 15.3. The largest absolute Gasteiger partial charge is 0.323 e. The average Bonchev–Trinajstić information content (AvgIpc) is 3.03. The maximum atomic E-state index is 14.1. The summed E-state index contributed by atoms with van der Waals surface area (Å²) in [6.07, 6.45) is 1.59. The number of nitrogens with one attached hydrogen (secondary N) is 1. The minimum absolute atomic E-state index is 0.177. The standard InChI is InChI=1S/C22H20FN3O/c1-21(2)13-11-12-22(21,20(27)26-15-8-4-3-7-14(15)23)19-18(13)24-16-9-5-6-10-17(16)25-19/h3-10,13H,11-12H2,1-2H3,(H,26,27). The molecule has 2 aliphatic carbocycles.